The average molecular weight is 239 g/mol. The topological polar surface area (TPSA) is 33.1 Å². The van der Waals surface area contributed by atoms with E-state index in [9.17, 15) is 0 Å². The number of para-hydroxylation sites is 1. The molecule has 0 radical (unpaired) electrons. The van der Waals surface area contributed by atoms with E-state index in [1.54, 1.807) is 23.1 Å². The van der Waals surface area contributed by atoms with E-state index in [1.165, 1.54) is 4.70 Å². The number of hydrogen-bond donors (Lipinski definition) is 1. The molecule has 1 unspecified atom stereocenters. The molecule has 0 aliphatic heterocycles. The molecule has 0 saturated carbocycles. The summed E-state index contributed by atoms with van der Waals surface area (Å²) in [5.41, 5.74) is 1.07. The fraction of sp³-hybridized carbons (Fsp3) is 0.364. The largest absolute Gasteiger partial charge is 0.393 e. The molecule has 0 saturated heterocycles. The van der Waals surface area contributed by atoms with Crippen molar-refractivity contribution in [2.24, 2.45) is 0 Å². The van der Waals surface area contributed by atoms with E-state index in [1.807, 2.05) is 25.1 Å². The predicted molar refractivity (Wildman–Crippen MR) is 66.6 cm³/mol. The molecule has 15 heavy (non-hydrogen) atoms. The molecule has 1 aromatic carbocycles. The van der Waals surface area contributed by atoms with Crippen LogP contribution in [0.15, 0.2) is 28.6 Å². The van der Waals surface area contributed by atoms with Gasteiger partial charge in [0.05, 0.1) is 16.3 Å². The van der Waals surface area contributed by atoms with Gasteiger partial charge in [-0.3, -0.25) is 0 Å². The minimum Gasteiger partial charge on any atom is -0.393 e. The highest BCUT2D eigenvalue weighted by atomic mass is 32.2. The summed E-state index contributed by atoms with van der Waals surface area (Å²) in [6.07, 6.45) is 0.604. The molecule has 0 spiro atoms. The zero-order valence-corrected chi connectivity index (χ0v) is 10.1. The minimum atomic E-state index is -0.216. The number of fused-ring (bicyclic) bond motifs is 1. The summed E-state index contributed by atoms with van der Waals surface area (Å²) in [7, 11) is 0. The number of rotatable bonds is 4. The van der Waals surface area contributed by atoms with E-state index >= 15 is 0 Å². The smallest absolute Gasteiger partial charge is 0.151 e. The Morgan fingerprint density at radius 3 is 3.00 bits per heavy atom. The Morgan fingerprint density at radius 2 is 2.27 bits per heavy atom. The molecule has 2 aromatic rings. The number of aliphatic hydroxyl groups excluding tert-OH is 1. The van der Waals surface area contributed by atoms with Crippen molar-refractivity contribution < 1.29 is 5.11 Å². The quantitative estimate of drug-likeness (QED) is 0.832. The Hall–Kier alpha value is -0.580. The molecular weight excluding hydrogens is 226 g/mol. The molecule has 1 aromatic heterocycles. The van der Waals surface area contributed by atoms with Crippen molar-refractivity contribution in [1.82, 2.24) is 4.98 Å². The van der Waals surface area contributed by atoms with Crippen LogP contribution in [0.4, 0.5) is 0 Å². The van der Waals surface area contributed by atoms with Gasteiger partial charge in [0.25, 0.3) is 0 Å². The van der Waals surface area contributed by atoms with Crippen molar-refractivity contribution in [2.75, 3.05) is 5.75 Å². The van der Waals surface area contributed by atoms with Crippen LogP contribution in [0, 0.1) is 0 Å². The van der Waals surface area contributed by atoms with Gasteiger partial charge in [0.1, 0.15) is 0 Å². The van der Waals surface area contributed by atoms with E-state index in [2.05, 4.69) is 11.1 Å². The van der Waals surface area contributed by atoms with Gasteiger partial charge in [-0.05, 0) is 25.5 Å². The summed E-state index contributed by atoms with van der Waals surface area (Å²) in [6, 6.07) is 8.16. The summed E-state index contributed by atoms with van der Waals surface area (Å²) >= 11 is 3.44. The summed E-state index contributed by atoms with van der Waals surface area (Å²) < 4.78 is 2.33. The average Bonchev–Trinajstić information content (AvgIpc) is 2.59. The molecule has 80 valence electrons. The normalized spacial score (nSPS) is 13.2. The maximum atomic E-state index is 9.14. The van der Waals surface area contributed by atoms with Gasteiger partial charge in [0.15, 0.2) is 4.34 Å². The van der Waals surface area contributed by atoms with Gasteiger partial charge in [0, 0.05) is 5.75 Å². The number of thiazole rings is 1. The molecule has 1 N–H and O–H groups in total. The first kappa shape index (κ1) is 10.9. The van der Waals surface area contributed by atoms with Gasteiger partial charge in [-0.1, -0.05) is 23.9 Å². The standard InChI is InChI=1S/C11H13NOS2/c1-8(13)6-7-14-11-12-9-4-2-3-5-10(9)15-11/h2-5,8,13H,6-7H2,1H3. The Labute approximate surface area is 97.4 Å². The van der Waals surface area contributed by atoms with Crippen molar-refractivity contribution in [1.29, 1.82) is 0 Å². The summed E-state index contributed by atoms with van der Waals surface area (Å²) in [6.45, 7) is 1.82. The van der Waals surface area contributed by atoms with Gasteiger partial charge in [-0.2, -0.15) is 0 Å². The number of thioether (sulfide) groups is 1. The molecule has 0 fully saturated rings. The maximum Gasteiger partial charge on any atom is 0.151 e. The predicted octanol–water partition coefficient (Wildman–Crippen LogP) is 3.16. The Morgan fingerprint density at radius 1 is 1.47 bits per heavy atom. The molecule has 0 aliphatic carbocycles. The molecule has 2 rings (SSSR count). The van der Waals surface area contributed by atoms with Crippen molar-refractivity contribution in [3.05, 3.63) is 24.3 Å². The molecule has 1 atom stereocenters. The first-order valence-corrected chi connectivity index (χ1v) is 6.72. The highest BCUT2D eigenvalue weighted by Gasteiger charge is 2.04. The van der Waals surface area contributed by atoms with Gasteiger partial charge < -0.3 is 5.11 Å². The van der Waals surface area contributed by atoms with Crippen molar-refractivity contribution >= 4 is 33.3 Å². The number of hydrogen-bond acceptors (Lipinski definition) is 4. The van der Waals surface area contributed by atoms with Crippen LogP contribution in [0.3, 0.4) is 0 Å². The zero-order valence-electron chi connectivity index (χ0n) is 8.51. The Bertz CT molecular complexity index is 406. The van der Waals surface area contributed by atoms with Crippen molar-refractivity contribution in [3.8, 4) is 0 Å². The van der Waals surface area contributed by atoms with Crippen molar-refractivity contribution in [2.45, 2.75) is 23.8 Å². The monoisotopic (exact) mass is 239 g/mol. The summed E-state index contributed by atoms with van der Waals surface area (Å²) in [4.78, 5) is 4.51. The van der Waals surface area contributed by atoms with Crippen LogP contribution in [0.5, 0.6) is 0 Å². The van der Waals surface area contributed by atoms with Crippen LogP contribution in [0.1, 0.15) is 13.3 Å². The highest BCUT2D eigenvalue weighted by Crippen LogP contribution is 2.29. The number of aliphatic hydroxyl groups is 1. The van der Waals surface area contributed by atoms with Crippen LogP contribution in [-0.2, 0) is 0 Å². The Kier molecular flexibility index (Phi) is 3.61. The second-order valence-corrected chi connectivity index (χ2v) is 5.81. The van der Waals surface area contributed by atoms with E-state index < -0.39 is 0 Å². The molecular formula is C11H13NOS2. The minimum absolute atomic E-state index is 0.216. The fourth-order valence-electron chi connectivity index (χ4n) is 1.23. The van der Waals surface area contributed by atoms with Gasteiger partial charge in [-0.15, -0.1) is 11.3 Å². The lowest BCUT2D eigenvalue weighted by molar-refractivity contribution is 0.192. The number of nitrogens with zero attached hydrogens (tertiary/aromatic N) is 1. The van der Waals surface area contributed by atoms with Crippen LogP contribution < -0.4 is 0 Å². The molecule has 2 nitrogen and oxygen atoms in total. The SMILES string of the molecule is CC(O)CCSc1nc2ccccc2s1. The molecule has 0 amide bonds. The third kappa shape index (κ3) is 2.93. The highest BCUT2D eigenvalue weighted by molar-refractivity contribution is 8.01. The summed E-state index contributed by atoms with van der Waals surface area (Å²) in [5.74, 6) is 0.928. The summed E-state index contributed by atoms with van der Waals surface area (Å²) in [5, 5.41) is 9.14. The maximum absolute atomic E-state index is 9.14. The van der Waals surface area contributed by atoms with E-state index in [4.69, 9.17) is 5.11 Å². The van der Waals surface area contributed by atoms with Crippen LogP contribution in [0.2, 0.25) is 0 Å². The molecule has 4 heteroatoms. The van der Waals surface area contributed by atoms with Gasteiger partial charge >= 0.3 is 0 Å². The first-order chi connectivity index (χ1) is 7.25. The van der Waals surface area contributed by atoms with E-state index in [0.717, 1.165) is 22.0 Å². The second kappa shape index (κ2) is 4.96. The zero-order chi connectivity index (χ0) is 10.7. The lowest BCUT2D eigenvalue weighted by atomic mass is 10.3. The lowest BCUT2D eigenvalue weighted by Crippen LogP contribution is -1.99. The molecule has 0 bridgehead atoms. The van der Waals surface area contributed by atoms with Crippen LogP contribution >= 0.6 is 23.1 Å². The van der Waals surface area contributed by atoms with E-state index in [-0.39, 0.29) is 6.10 Å². The fourth-order valence-corrected chi connectivity index (χ4v) is 3.48. The molecule has 1 heterocycles. The second-order valence-electron chi connectivity index (χ2n) is 3.43. The first-order valence-electron chi connectivity index (χ1n) is 4.92. The van der Waals surface area contributed by atoms with Crippen molar-refractivity contribution in [3.63, 3.8) is 0 Å². The number of benzene rings is 1. The van der Waals surface area contributed by atoms with Gasteiger partial charge in [-0.25, -0.2) is 4.98 Å². The van der Waals surface area contributed by atoms with Crippen LogP contribution in [0.25, 0.3) is 10.2 Å². The number of aromatic nitrogens is 1. The van der Waals surface area contributed by atoms with Crippen LogP contribution in [-0.4, -0.2) is 21.9 Å². The lowest BCUT2D eigenvalue weighted by Gasteiger charge is -2.00. The Balaban J connectivity index is 2.03. The van der Waals surface area contributed by atoms with Gasteiger partial charge in [0.2, 0.25) is 0 Å². The third-order valence-electron chi connectivity index (χ3n) is 2.04. The van der Waals surface area contributed by atoms with E-state index in [0.29, 0.717) is 0 Å². The molecule has 0 aliphatic rings. The third-order valence-corrected chi connectivity index (χ3v) is 4.25.